The number of rotatable bonds is 5. The van der Waals surface area contributed by atoms with E-state index >= 15 is 0 Å². The van der Waals surface area contributed by atoms with Gasteiger partial charge in [-0.1, -0.05) is 6.07 Å². The van der Waals surface area contributed by atoms with E-state index in [0.717, 1.165) is 42.5 Å². The molecule has 2 aromatic heterocycles. The van der Waals surface area contributed by atoms with Crippen LogP contribution < -0.4 is 5.32 Å². The Morgan fingerprint density at radius 3 is 2.82 bits per heavy atom. The lowest BCUT2D eigenvalue weighted by Crippen LogP contribution is -2.49. The van der Waals surface area contributed by atoms with E-state index in [1.165, 1.54) is 0 Å². The third kappa shape index (κ3) is 3.42. The summed E-state index contributed by atoms with van der Waals surface area (Å²) < 4.78 is 0. The number of nitrogens with one attached hydrogen (secondary N) is 1. The molecule has 1 saturated heterocycles. The summed E-state index contributed by atoms with van der Waals surface area (Å²) in [6.45, 7) is 9.33. The lowest BCUT2D eigenvalue weighted by atomic mass is 9.97. The van der Waals surface area contributed by atoms with Gasteiger partial charge in [0.05, 0.1) is 0 Å². The van der Waals surface area contributed by atoms with Gasteiger partial charge in [0.2, 0.25) is 0 Å². The predicted molar refractivity (Wildman–Crippen MR) is 87.8 cm³/mol. The summed E-state index contributed by atoms with van der Waals surface area (Å²) >= 11 is 0. The van der Waals surface area contributed by atoms with E-state index < -0.39 is 0 Å². The van der Waals surface area contributed by atoms with Gasteiger partial charge in [0.15, 0.2) is 0 Å². The van der Waals surface area contributed by atoms with E-state index in [2.05, 4.69) is 40.1 Å². The van der Waals surface area contributed by atoms with E-state index in [9.17, 15) is 0 Å². The molecule has 0 amide bonds. The van der Waals surface area contributed by atoms with Crippen LogP contribution in [0.2, 0.25) is 0 Å². The highest BCUT2D eigenvalue weighted by molar-refractivity contribution is 5.37. The van der Waals surface area contributed by atoms with Crippen LogP contribution in [0.15, 0.2) is 30.6 Å². The molecule has 5 nitrogen and oxygen atoms in total. The smallest absolute Gasteiger partial charge is 0.136 e. The van der Waals surface area contributed by atoms with Crippen molar-refractivity contribution >= 4 is 5.82 Å². The Morgan fingerprint density at radius 2 is 2.14 bits per heavy atom. The molecule has 3 rings (SSSR count). The van der Waals surface area contributed by atoms with Crippen molar-refractivity contribution in [2.24, 2.45) is 0 Å². The highest BCUT2D eigenvalue weighted by atomic mass is 15.2. The SMILES string of the molecule is Cc1cc(NCc2cccnc2)nc(C2CN(C(C)C)C2)n1. The third-order valence-corrected chi connectivity index (χ3v) is 4.07. The molecule has 0 spiro atoms. The van der Waals surface area contributed by atoms with E-state index in [0.29, 0.717) is 12.0 Å². The van der Waals surface area contributed by atoms with E-state index in [1.807, 2.05) is 25.3 Å². The lowest BCUT2D eigenvalue weighted by molar-refractivity contribution is 0.105. The van der Waals surface area contributed by atoms with Gasteiger partial charge in [-0.25, -0.2) is 9.97 Å². The van der Waals surface area contributed by atoms with E-state index in [4.69, 9.17) is 4.98 Å². The van der Waals surface area contributed by atoms with Crippen molar-refractivity contribution < 1.29 is 0 Å². The van der Waals surface area contributed by atoms with E-state index in [1.54, 1.807) is 6.20 Å². The van der Waals surface area contributed by atoms with Gasteiger partial charge in [-0.15, -0.1) is 0 Å². The summed E-state index contributed by atoms with van der Waals surface area (Å²) in [6.07, 6.45) is 3.65. The van der Waals surface area contributed by atoms with Crippen molar-refractivity contribution in [3.8, 4) is 0 Å². The number of aromatic nitrogens is 3. The number of aryl methyl sites for hydroxylation is 1. The van der Waals surface area contributed by atoms with E-state index in [-0.39, 0.29) is 0 Å². The zero-order valence-electron chi connectivity index (χ0n) is 13.5. The van der Waals surface area contributed by atoms with Crippen LogP contribution >= 0.6 is 0 Å². The van der Waals surface area contributed by atoms with Gasteiger partial charge in [-0.05, 0) is 32.4 Å². The van der Waals surface area contributed by atoms with Crippen LogP contribution in [0.1, 0.15) is 36.8 Å². The molecule has 0 saturated carbocycles. The highest BCUT2D eigenvalue weighted by Gasteiger charge is 2.31. The molecule has 1 fully saturated rings. The van der Waals surface area contributed by atoms with Crippen molar-refractivity contribution in [1.29, 1.82) is 0 Å². The first kappa shape index (κ1) is 14.9. The molecular weight excluding hydrogens is 274 g/mol. The fraction of sp³-hybridized carbons (Fsp3) is 0.471. The third-order valence-electron chi connectivity index (χ3n) is 4.07. The van der Waals surface area contributed by atoms with Gasteiger partial charge in [-0.3, -0.25) is 9.88 Å². The Hall–Kier alpha value is -2.01. The van der Waals surface area contributed by atoms with Crippen molar-refractivity contribution in [2.45, 2.75) is 39.3 Å². The molecule has 116 valence electrons. The molecule has 0 radical (unpaired) electrons. The topological polar surface area (TPSA) is 53.9 Å². The highest BCUT2D eigenvalue weighted by Crippen LogP contribution is 2.27. The number of likely N-dealkylation sites (tertiary alicyclic amines) is 1. The van der Waals surface area contributed by atoms with Crippen LogP contribution in [0, 0.1) is 6.92 Å². The predicted octanol–water partition coefficient (Wildman–Crippen LogP) is 2.60. The van der Waals surface area contributed by atoms with Crippen molar-refractivity contribution in [3.05, 3.63) is 47.7 Å². The molecule has 3 heterocycles. The zero-order chi connectivity index (χ0) is 15.5. The fourth-order valence-corrected chi connectivity index (χ4v) is 2.66. The molecule has 5 heteroatoms. The van der Waals surface area contributed by atoms with Crippen LogP contribution in [0.25, 0.3) is 0 Å². The monoisotopic (exact) mass is 297 g/mol. The Balaban J connectivity index is 1.66. The van der Waals surface area contributed by atoms with Gasteiger partial charge in [0.25, 0.3) is 0 Å². The molecule has 22 heavy (non-hydrogen) atoms. The Labute approximate surface area is 131 Å². The minimum absolute atomic E-state index is 0.459. The van der Waals surface area contributed by atoms with Crippen LogP contribution in [0.3, 0.4) is 0 Å². The molecule has 0 unspecified atom stereocenters. The molecule has 1 aliphatic heterocycles. The quantitative estimate of drug-likeness (QED) is 0.919. The number of nitrogens with zero attached hydrogens (tertiary/aromatic N) is 4. The molecule has 0 aromatic carbocycles. The normalized spacial score (nSPS) is 15.8. The molecule has 1 aliphatic rings. The van der Waals surface area contributed by atoms with Crippen LogP contribution in [-0.4, -0.2) is 39.0 Å². The second-order valence-corrected chi connectivity index (χ2v) is 6.21. The molecule has 0 atom stereocenters. The molecule has 0 bridgehead atoms. The first-order valence-corrected chi connectivity index (χ1v) is 7.84. The maximum atomic E-state index is 4.70. The summed E-state index contributed by atoms with van der Waals surface area (Å²) in [5, 5.41) is 3.37. The molecular formula is C17H23N5. The van der Waals surface area contributed by atoms with Gasteiger partial charge in [0.1, 0.15) is 11.6 Å². The fourth-order valence-electron chi connectivity index (χ4n) is 2.66. The van der Waals surface area contributed by atoms with Crippen molar-refractivity contribution in [2.75, 3.05) is 18.4 Å². The summed E-state index contributed by atoms with van der Waals surface area (Å²) in [6, 6.07) is 6.60. The summed E-state index contributed by atoms with van der Waals surface area (Å²) in [4.78, 5) is 15.9. The standard InChI is InChI=1S/C17H23N5/c1-12(2)22-10-15(11-22)17-20-13(3)7-16(21-17)19-9-14-5-4-6-18-8-14/h4-8,12,15H,9-11H2,1-3H3,(H,19,20,21). The van der Waals surface area contributed by atoms with Gasteiger partial charge in [-0.2, -0.15) is 0 Å². The molecule has 2 aromatic rings. The number of hydrogen-bond donors (Lipinski definition) is 1. The minimum atomic E-state index is 0.459. The Morgan fingerprint density at radius 1 is 1.32 bits per heavy atom. The number of hydrogen-bond acceptors (Lipinski definition) is 5. The summed E-state index contributed by atoms with van der Waals surface area (Å²) in [5.74, 6) is 2.32. The van der Waals surface area contributed by atoms with Crippen LogP contribution in [0.4, 0.5) is 5.82 Å². The number of pyridine rings is 1. The largest absolute Gasteiger partial charge is 0.366 e. The first-order valence-electron chi connectivity index (χ1n) is 7.84. The maximum Gasteiger partial charge on any atom is 0.136 e. The number of anilines is 1. The average Bonchev–Trinajstić information content (AvgIpc) is 2.44. The van der Waals surface area contributed by atoms with Crippen molar-refractivity contribution in [1.82, 2.24) is 19.9 Å². The Kier molecular flexibility index (Phi) is 4.34. The maximum absolute atomic E-state index is 4.70. The van der Waals surface area contributed by atoms with Gasteiger partial charge < -0.3 is 5.32 Å². The van der Waals surface area contributed by atoms with Crippen LogP contribution in [0.5, 0.6) is 0 Å². The first-order chi connectivity index (χ1) is 10.6. The average molecular weight is 297 g/mol. The van der Waals surface area contributed by atoms with Gasteiger partial charge >= 0.3 is 0 Å². The second-order valence-electron chi connectivity index (χ2n) is 6.21. The van der Waals surface area contributed by atoms with Crippen molar-refractivity contribution in [3.63, 3.8) is 0 Å². The molecule has 1 N–H and O–H groups in total. The second kappa shape index (κ2) is 6.40. The van der Waals surface area contributed by atoms with Crippen LogP contribution in [-0.2, 0) is 6.54 Å². The van der Waals surface area contributed by atoms with Gasteiger partial charge in [0, 0.05) is 55.7 Å². The molecule has 0 aliphatic carbocycles. The summed E-state index contributed by atoms with van der Waals surface area (Å²) in [5.41, 5.74) is 2.16. The lowest BCUT2D eigenvalue weighted by Gasteiger charge is -2.41. The Bertz CT molecular complexity index is 620. The summed E-state index contributed by atoms with van der Waals surface area (Å²) in [7, 11) is 0. The zero-order valence-corrected chi connectivity index (χ0v) is 13.5. The minimum Gasteiger partial charge on any atom is -0.366 e.